The van der Waals surface area contributed by atoms with Crippen molar-refractivity contribution < 1.29 is 9.13 Å². The number of nitrogens with one attached hydrogen (secondary N) is 1. The summed E-state index contributed by atoms with van der Waals surface area (Å²) in [6, 6.07) is 4.81. The number of aromatic nitrogens is 2. The van der Waals surface area contributed by atoms with Crippen LogP contribution in [-0.2, 0) is 6.54 Å². The maximum Gasteiger partial charge on any atom is 0.161 e. The van der Waals surface area contributed by atoms with Crippen LogP contribution in [0.15, 0.2) is 28.9 Å². The molecule has 114 valence electrons. The maximum atomic E-state index is 13.8. The Labute approximate surface area is 132 Å². The monoisotopic (exact) mass is 355 g/mol. The van der Waals surface area contributed by atoms with Gasteiger partial charge in [-0.3, -0.25) is 4.68 Å². The minimum atomic E-state index is -0.284. The van der Waals surface area contributed by atoms with Crippen LogP contribution in [0.1, 0.15) is 30.6 Å². The molecule has 21 heavy (non-hydrogen) atoms. The van der Waals surface area contributed by atoms with Crippen LogP contribution in [0, 0.1) is 5.82 Å². The van der Waals surface area contributed by atoms with Gasteiger partial charge in [0.25, 0.3) is 0 Å². The van der Waals surface area contributed by atoms with Crippen LogP contribution in [0.5, 0.6) is 5.75 Å². The molecule has 1 aromatic carbocycles. The van der Waals surface area contributed by atoms with E-state index in [1.54, 1.807) is 19.4 Å². The zero-order chi connectivity index (χ0) is 15.4. The maximum absolute atomic E-state index is 13.8. The smallest absolute Gasteiger partial charge is 0.161 e. The highest BCUT2D eigenvalue weighted by molar-refractivity contribution is 9.10. The summed E-state index contributed by atoms with van der Waals surface area (Å²) >= 11 is 3.33. The van der Waals surface area contributed by atoms with Crippen molar-refractivity contribution in [2.75, 3.05) is 14.2 Å². The van der Waals surface area contributed by atoms with Crippen molar-refractivity contribution in [2.24, 2.45) is 0 Å². The molecule has 1 N–H and O–H groups in total. The first-order valence-corrected chi connectivity index (χ1v) is 7.64. The van der Waals surface area contributed by atoms with E-state index in [2.05, 4.69) is 33.3 Å². The number of nitrogens with zero attached hydrogens (tertiary/aromatic N) is 2. The molecular formula is C15H19BrFN3O. The standard InChI is InChI=1S/C15H19BrFN3O/c1-4-8-20-15(12(21-3)9-19-20)14(18-2)10-6-5-7-11(17)13(10)16/h5-7,9,14,18H,4,8H2,1-3H3. The van der Waals surface area contributed by atoms with Crippen molar-refractivity contribution in [1.29, 1.82) is 0 Å². The highest BCUT2D eigenvalue weighted by Gasteiger charge is 2.24. The summed E-state index contributed by atoms with van der Waals surface area (Å²) in [5.74, 6) is 0.409. The van der Waals surface area contributed by atoms with Gasteiger partial charge in [-0.15, -0.1) is 0 Å². The SMILES string of the molecule is CCCn1ncc(OC)c1C(NC)c1cccc(F)c1Br. The Morgan fingerprint density at radius 3 is 2.86 bits per heavy atom. The molecule has 6 heteroatoms. The molecule has 0 saturated heterocycles. The molecule has 0 aliphatic rings. The molecular weight excluding hydrogens is 337 g/mol. The van der Waals surface area contributed by atoms with Crippen molar-refractivity contribution in [3.8, 4) is 5.75 Å². The summed E-state index contributed by atoms with van der Waals surface area (Å²) in [6.45, 7) is 2.87. The zero-order valence-electron chi connectivity index (χ0n) is 12.4. The normalized spacial score (nSPS) is 12.4. The van der Waals surface area contributed by atoms with Gasteiger partial charge in [-0.2, -0.15) is 5.10 Å². The summed E-state index contributed by atoms with van der Waals surface area (Å²) in [4.78, 5) is 0. The first-order valence-electron chi connectivity index (χ1n) is 6.84. The Bertz CT molecular complexity index is 615. The van der Waals surface area contributed by atoms with Gasteiger partial charge >= 0.3 is 0 Å². The summed E-state index contributed by atoms with van der Waals surface area (Å²) in [6.07, 6.45) is 2.65. The van der Waals surface area contributed by atoms with Crippen molar-refractivity contribution >= 4 is 15.9 Å². The molecule has 0 aliphatic carbocycles. The van der Waals surface area contributed by atoms with Gasteiger partial charge in [0.1, 0.15) is 11.5 Å². The number of benzene rings is 1. The second-order valence-corrected chi connectivity index (χ2v) is 5.48. The zero-order valence-corrected chi connectivity index (χ0v) is 13.9. The summed E-state index contributed by atoms with van der Waals surface area (Å²) in [5.41, 5.74) is 1.71. The lowest BCUT2D eigenvalue weighted by atomic mass is 10.0. The van der Waals surface area contributed by atoms with Crippen LogP contribution in [0.2, 0.25) is 0 Å². The van der Waals surface area contributed by atoms with Gasteiger partial charge in [0.2, 0.25) is 0 Å². The third-order valence-electron chi connectivity index (χ3n) is 3.35. The van der Waals surface area contributed by atoms with Crippen LogP contribution in [0.4, 0.5) is 4.39 Å². The summed E-state index contributed by atoms with van der Waals surface area (Å²) in [5, 5.41) is 7.59. The van der Waals surface area contributed by atoms with Gasteiger partial charge < -0.3 is 10.1 Å². The highest BCUT2D eigenvalue weighted by atomic mass is 79.9. The topological polar surface area (TPSA) is 39.1 Å². The number of methoxy groups -OCH3 is 1. The first kappa shape index (κ1) is 16.0. The number of halogens is 2. The van der Waals surface area contributed by atoms with Gasteiger partial charge in [0.15, 0.2) is 5.75 Å². The number of hydrogen-bond acceptors (Lipinski definition) is 3. The fourth-order valence-corrected chi connectivity index (χ4v) is 2.89. The Hall–Kier alpha value is -1.40. The van der Waals surface area contributed by atoms with Gasteiger partial charge in [0.05, 0.1) is 23.8 Å². The van der Waals surface area contributed by atoms with Crippen molar-refractivity contribution in [3.05, 3.63) is 45.9 Å². The number of aryl methyl sites for hydroxylation is 1. The second kappa shape index (κ2) is 7.04. The molecule has 2 aromatic rings. The predicted molar refractivity (Wildman–Crippen MR) is 84.1 cm³/mol. The number of rotatable bonds is 6. The van der Waals surface area contributed by atoms with Crippen molar-refractivity contribution in [2.45, 2.75) is 25.9 Å². The minimum Gasteiger partial charge on any atom is -0.493 e. The Morgan fingerprint density at radius 1 is 1.48 bits per heavy atom. The van der Waals surface area contributed by atoms with E-state index in [9.17, 15) is 4.39 Å². The Morgan fingerprint density at radius 2 is 2.24 bits per heavy atom. The average molecular weight is 356 g/mol. The molecule has 0 aliphatic heterocycles. The molecule has 1 unspecified atom stereocenters. The van der Waals surface area contributed by atoms with E-state index < -0.39 is 0 Å². The van der Waals surface area contributed by atoms with E-state index in [0.717, 1.165) is 24.2 Å². The Balaban J connectivity index is 2.55. The van der Waals surface area contributed by atoms with E-state index in [1.807, 2.05) is 17.8 Å². The third kappa shape index (κ3) is 3.11. The van der Waals surface area contributed by atoms with Crippen LogP contribution in [-0.4, -0.2) is 23.9 Å². The summed E-state index contributed by atoms with van der Waals surface area (Å²) < 4.78 is 21.6. The lowest BCUT2D eigenvalue weighted by molar-refractivity contribution is 0.400. The highest BCUT2D eigenvalue weighted by Crippen LogP contribution is 2.34. The van der Waals surface area contributed by atoms with E-state index in [4.69, 9.17) is 4.74 Å². The molecule has 0 amide bonds. The predicted octanol–water partition coefficient (Wildman–Crippen LogP) is 3.51. The van der Waals surface area contributed by atoms with Gasteiger partial charge in [-0.1, -0.05) is 19.1 Å². The van der Waals surface area contributed by atoms with Gasteiger partial charge in [-0.05, 0) is 41.0 Å². The van der Waals surface area contributed by atoms with Crippen molar-refractivity contribution in [1.82, 2.24) is 15.1 Å². The Kier molecular flexibility index (Phi) is 5.36. The third-order valence-corrected chi connectivity index (χ3v) is 4.19. The average Bonchev–Trinajstić information content (AvgIpc) is 2.88. The molecule has 0 saturated carbocycles. The van der Waals surface area contributed by atoms with Gasteiger partial charge in [0, 0.05) is 6.54 Å². The number of ether oxygens (including phenoxy) is 1. The molecule has 1 aromatic heterocycles. The van der Waals surface area contributed by atoms with E-state index >= 15 is 0 Å². The minimum absolute atomic E-state index is 0.209. The largest absolute Gasteiger partial charge is 0.493 e. The molecule has 1 atom stereocenters. The van der Waals surface area contributed by atoms with Crippen LogP contribution >= 0.6 is 15.9 Å². The van der Waals surface area contributed by atoms with Crippen LogP contribution < -0.4 is 10.1 Å². The quantitative estimate of drug-likeness (QED) is 0.861. The molecule has 0 radical (unpaired) electrons. The molecule has 2 rings (SSSR count). The molecule has 0 bridgehead atoms. The fraction of sp³-hybridized carbons (Fsp3) is 0.400. The van der Waals surface area contributed by atoms with E-state index in [1.165, 1.54) is 6.07 Å². The summed E-state index contributed by atoms with van der Waals surface area (Å²) in [7, 11) is 3.45. The number of hydrogen-bond donors (Lipinski definition) is 1. The molecule has 4 nitrogen and oxygen atoms in total. The first-order chi connectivity index (χ1) is 10.1. The van der Waals surface area contributed by atoms with Crippen LogP contribution in [0.3, 0.4) is 0 Å². The van der Waals surface area contributed by atoms with Crippen LogP contribution in [0.25, 0.3) is 0 Å². The van der Waals surface area contributed by atoms with Crippen molar-refractivity contribution in [3.63, 3.8) is 0 Å². The van der Waals surface area contributed by atoms with E-state index in [0.29, 0.717) is 10.2 Å². The van der Waals surface area contributed by atoms with Gasteiger partial charge in [-0.25, -0.2) is 4.39 Å². The second-order valence-electron chi connectivity index (χ2n) is 4.69. The van der Waals surface area contributed by atoms with E-state index in [-0.39, 0.29) is 11.9 Å². The molecule has 0 spiro atoms. The molecule has 1 heterocycles. The molecule has 0 fully saturated rings. The fourth-order valence-electron chi connectivity index (χ4n) is 2.40. The lowest BCUT2D eigenvalue weighted by Gasteiger charge is -2.21. The lowest BCUT2D eigenvalue weighted by Crippen LogP contribution is -2.23.